The number of rotatable bonds is 4. The van der Waals surface area contributed by atoms with Gasteiger partial charge < -0.3 is 14.4 Å². The van der Waals surface area contributed by atoms with Crippen molar-refractivity contribution in [1.29, 1.82) is 0 Å². The van der Waals surface area contributed by atoms with E-state index in [-0.39, 0.29) is 22.9 Å². The van der Waals surface area contributed by atoms with Gasteiger partial charge in [0.05, 0.1) is 24.4 Å². The fourth-order valence-corrected chi connectivity index (χ4v) is 3.92. The zero-order valence-electron chi connectivity index (χ0n) is 15.0. The Morgan fingerprint density at radius 1 is 1.03 bits per heavy atom. The molecule has 0 saturated carbocycles. The van der Waals surface area contributed by atoms with Crippen LogP contribution in [0.4, 0.5) is 0 Å². The molecule has 1 aliphatic rings. The van der Waals surface area contributed by atoms with Crippen molar-refractivity contribution in [2.24, 2.45) is 0 Å². The van der Waals surface area contributed by atoms with Gasteiger partial charge in [0.2, 0.25) is 0 Å². The molecule has 1 amide bonds. The molecule has 1 unspecified atom stereocenters. The Morgan fingerprint density at radius 2 is 1.79 bits per heavy atom. The number of hydrogen-bond acceptors (Lipinski definition) is 4. The lowest BCUT2D eigenvalue weighted by Gasteiger charge is -2.25. The summed E-state index contributed by atoms with van der Waals surface area (Å²) in [6.45, 7) is 0.0484. The molecule has 2 heterocycles. The summed E-state index contributed by atoms with van der Waals surface area (Å²) in [6.07, 6.45) is 1.49. The minimum Gasteiger partial charge on any atom is -0.507 e. The Morgan fingerprint density at radius 3 is 2.45 bits per heavy atom. The van der Waals surface area contributed by atoms with E-state index >= 15 is 0 Å². The van der Waals surface area contributed by atoms with Crippen molar-refractivity contribution in [2.75, 3.05) is 0 Å². The maximum atomic E-state index is 12.9. The quantitative estimate of drug-likeness (QED) is 0.352. The molecule has 146 valence electrons. The van der Waals surface area contributed by atoms with E-state index in [1.165, 1.54) is 17.2 Å². The maximum absolute atomic E-state index is 12.9. The first-order chi connectivity index (χ1) is 14.0. The van der Waals surface area contributed by atoms with E-state index in [4.69, 9.17) is 27.6 Å². The third kappa shape index (κ3) is 3.55. The zero-order chi connectivity index (χ0) is 20.5. The average molecular weight is 428 g/mol. The lowest BCUT2D eigenvalue weighted by molar-refractivity contribution is -0.140. The van der Waals surface area contributed by atoms with Crippen LogP contribution in [0.3, 0.4) is 0 Å². The van der Waals surface area contributed by atoms with Crippen LogP contribution in [0, 0.1) is 0 Å². The normalized spacial score (nSPS) is 18.4. The van der Waals surface area contributed by atoms with Crippen molar-refractivity contribution in [1.82, 2.24) is 4.90 Å². The summed E-state index contributed by atoms with van der Waals surface area (Å²) < 4.78 is 5.36. The monoisotopic (exact) mass is 427 g/mol. The Bertz CT molecular complexity index is 1110. The molecule has 4 rings (SSSR count). The number of halogens is 2. The molecule has 1 aromatic heterocycles. The standard InChI is InChI=1S/C22H15Cl2NO4/c23-14-8-9-16(17(24)11-14)19-18(20(26)13-5-2-1-3-6-13)21(27)22(28)25(19)12-15-7-4-10-29-15/h1-11,19,26H,12H2/b20-18+. The summed E-state index contributed by atoms with van der Waals surface area (Å²) in [4.78, 5) is 27.1. The van der Waals surface area contributed by atoms with Crippen molar-refractivity contribution >= 4 is 40.7 Å². The number of benzene rings is 2. The van der Waals surface area contributed by atoms with Gasteiger partial charge in [-0.25, -0.2) is 0 Å². The van der Waals surface area contributed by atoms with E-state index in [2.05, 4.69) is 0 Å². The first-order valence-electron chi connectivity index (χ1n) is 8.78. The molecule has 7 heteroatoms. The van der Waals surface area contributed by atoms with Crippen LogP contribution in [-0.2, 0) is 16.1 Å². The van der Waals surface area contributed by atoms with Gasteiger partial charge in [0, 0.05) is 15.6 Å². The SMILES string of the molecule is O=C1C(=O)N(Cc2ccco2)C(c2ccc(Cl)cc2Cl)/C1=C(\O)c1ccccc1. The molecule has 1 atom stereocenters. The van der Waals surface area contributed by atoms with Crippen molar-refractivity contribution in [3.05, 3.63) is 99.4 Å². The van der Waals surface area contributed by atoms with Gasteiger partial charge in [0.1, 0.15) is 11.5 Å². The highest BCUT2D eigenvalue weighted by Gasteiger charge is 2.47. The average Bonchev–Trinajstić information content (AvgIpc) is 3.31. The fourth-order valence-electron chi connectivity index (χ4n) is 3.41. The summed E-state index contributed by atoms with van der Waals surface area (Å²) in [5, 5.41) is 11.6. The zero-order valence-corrected chi connectivity index (χ0v) is 16.5. The lowest BCUT2D eigenvalue weighted by atomic mass is 9.95. The van der Waals surface area contributed by atoms with E-state index in [0.29, 0.717) is 21.9 Å². The number of furan rings is 1. The molecule has 0 radical (unpaired) electrons. The first kappa shape index (κ1) is 19.3. The number of aliphatic hydroxyl groups is 1. The highest BCUT2D eigenvalue weighted by Crippen LogP contribution is 2.43. The molecule has 1 N–H and O–H groups in total. The van der Waals surface area contributed by atoms with Gasteiger partial charge in [-0.1, -0.05) is 59.6 Å². The van der Waals surface area contributed by atoms with Crippen molar-refractivity contribution in [3.8, 4) is 0 Å². The number of carbonyl (C=O) groups is 2. The first-order valence-corrected chi connectivity index (χ1v) is 9.54. The van der Waals surface area contributed by atoms with Crippen molar-refractivity contribution in [2.45, 2.75) is 12.6 Å². The van der Waals surface area contributed by atoms with E-state index in [1.807, 2.05) is 0 Å². The number of nitrogens with zero attached hydrogens (tertiary/aromatic N) is 1. The Hall–Kier alpha value is -3.02. The number of aliphatic hydroxyl groups excluding tert-OH is 1. The van der Waals surface area contributed by atoms with Gasteiger partial charge in [-0.3, -0.25) is 9.59 Å². The third-order valence-corrected chi connectivity index (χ3v) is 5.31. The van der Waals surface area contributed by atoms with E-state index < -0.39 is 17.7 Å². The maximum Gasteiger partial charge on any atom is 0.296 e. The Balaban J connectivity index is 1.90. The molecule has 3 aromatic rings. The number of carbonyl (C=O) groups excluding carboxylic acids is 2. The molecule has 1 aliphatic heterocycles. The van der Waals surface area contributed by atoms with Gasteiger partial charge in [-0.15, -0.1) is 0 Å². The van der Waals surface area contributed by atoms with Crippen LogP contribution >= 0.6 is 23.2 Å². The van der Waals surface area contributed by atoms with Gasteiger partial charge >= 0.3 is 0 Å². The minimum absolute atomic E-state index is 0.0306. The number of hydrogen-bond donors (Lipinski definition) is 1. The molecule has 1 saturated heterocycles. The summed E-state index contributed by atoms with van der Waals surface area (Å²) in [5.41, 5.74) is 0.884. The van der Waals surface area contributed by atoms with Gasteiger partial charge in [-0.2, -0.15) is 0 Å². The topological polar surface area (TPSA) is 70.8 Å². The molecular formula is C22H15Cl2NO4. The van der Waals surface area contributed by atoms with Crippen LogP contribution in [0.25, 0.3) is 5.76 Å². The highest BCUT2D eigenvalue weighted by molar-refractivity contribution is 6.47. The second-order valence-corrected chi connectivity index (χ2v) is 7.38. The van der Waals surface area contributed by atoms with E-state index in [0.717, 1.165) is 0 Å². The molecule has 29 heavy (non-hydrogen) atoms. The molecule has 0 aliphatic carbocycles. The van der Waals surface area contributed by atoms with Gasteiger partial charge in [0.25, 0.3) is 11.7 Å². The number of likely N-dealkylation sites (tertiary alicyclic amines) is 1. The summed E-state index contributed by atoms with van der Waals surface area (Å²) in [6, 6.07) is 15.9. The predicted molar refractivity (Wildman–Crippen MR) is 109 cm³/mol. The predicted octanol–water partition coefficient (Wildman–Crippen LogP) is 5.21. The summed E-state index contributed by atoms with van der Waals surface area (Å²) >= 11 is 12.4. The van der Waals surface area contributed by atoms with Crippen LogP contribution in [0.15, 0.2) is 76.9 Å². The smallest absolute Gasteiger partial charge is 0.296 e. The molecule has 5 nitrogen and oxygen atoms in total. The van der Waals surface area contributed by atoms with Crippen LogP contribution in [0.5, 0.6) is 0 Å². The fraction of sp³-hybridized carbons (Fsp3) is 0.0909. The number of Topliss-reactive ketones (excluding diaryl/α,β-unsaturated/α-hetero) is 1. The van der Waals surface area contributed by atoms with Crippen LogP contribution in [0.1, 0.15) is 22.9 Å². The van der Waals surface area contributed by atoms with Crippen LogP contribution in [-0.4, -0.2) is 21.7 Å². The second kappa shape index (κ2) is 7.78. The Labute approximate surface area is 176 Å². The number of amides is 1. The van der Waals surface area contributed by atoms with Crippen LogP contribution in [0.2, 0.25) is 10.0 Å². The van der Waals surface area contributed by atoms with Gasteiger partial charge in [0.15, 0.2) is 0 Å². The van der Waals surface area contributed by atoms with Crippen molar-refractivity contribution < 1.29 is 19.1 Å². The van der Waals surface area contributed by atoms with Gasteiger partial charge in [-0.05, 0) is 29.8 Å². The molecular weight excluding hydrogens is 413 g/mol. The summed E-state index contributed by atoms with van der Waals surface area (Å²) in [7, 11) is 0. The molecule has 0 bridgehead atoms. The number of ketones is 1. The second-order valence-electron chi connectivity index (χ2n) is 6.54. The van der Waals surface area contributed by atoms with E-state index in [1.54, 1.807) is 54.6 Å². The van der Waals surface area contributed by atoms with Crippen molar-refractivity contribution in [3.63, 3.8) is 0 Å². The summed E-state index contributed by atoms with van der Waals surface area (Å²) in [5.74, 6) is -1.28. The Kier molecular flexibility index (Phi) is 5.18. The molecule has 1 fully saturated rings. The highest BCUT2D eigenvalue weighted by atomic mass is 35.5. The molecule has 0 spiro atoms. The lowest BCUT2D eigenvalue weighted by Crippen LogP contribution is -2.29. The third-order valence-electron chi connectivity index (χ3n) is 4.75. The molecule has 2 aromatic carbocycles. The largest absolute Gasteiger partial charge is 0.507 e. The van der Waals surface area contributed by atoms with E-state index in [9.17, 15) is 14.7 Å². The minimum atomic E-state index is -0.884. The van der Waals surface area contributed by atoms with Crippen LogP contribution < -0.4 is 0 Å².